The van der Waals surface area contributed by atoms with Crippen LogP contribution in [0.4, 0.5) is 0 Å². The summed E-state index contributed by atoms with van der Waals surface area (Å²) in [5, 5.41) is 7.74. The van der Waals surface area contributed by atoms with Gasteiger partial charge in [0.25, 0.3) is 5.91 Å². The molecular formula is C24H22ClN7O3S. The molecule has 5 aromatic rings. The molecule has 0 aliphatic heterocycles. The van der Waals surface area contributed by atoms with Gasteiger partial charge in [0.05, 0.1) is 48.1 Å². The average Bonchev–Trinajstić information content (AvgIpc) is 3.25. The van der Waals surface area contributed by atoms with Crippen molar-refractivity contribution in [3.05, 3.63) is 83.0 Å². The Morgan fingerprint density at radius 1 is 1.19 bits per heavy atom. The topological polar surface area (TPSA) is 116 Å². The van der Waals surface area contributed by atoms with E-state index in [1.807, 2.05) is 23.0 Å². The van der Waals surface area contributed by atoms with Gasteiger partial charge in [0.2, 0.25) is 0 Å². The number of imidazole rings is 2. The highest BCUT2D eigenvalue weighted by atomic mass is 35.5. The lowest BCUT2D eigenvalue weighted by Gasteiger charge is -2.05. The van der Waals surface area contributed by atoms with Gasteiger partial charge in [0, 0.05) is 36.1 Å². The van der Waals surface area contributed by atoms with Crippen LogP contribution in [0.1, 0.15) is 46.1 Å². The Kier molecular flexibility index (Phi) is 5.34. The highest BCUT2D eigenvalue weighted by Gasteiger charge is 2.27. The first-order chi connectivity index (χ1) is 17.2. The van der Waals surface area contributed by atoms with E-state index in [1.54, 1.807) is 39.8 Å². The van der Waals surface area contributed by atoms with Gasteiger partial charge in [0.1, 0.15) is 4.90 Å². The summed E-state index contributed by atoms with van der Waals surface area (Å²) in [5.41, 5.74) is 3.98. The van der Waals surface area contributed by atoms with Crippen LogP contribution in [-0.2, 0) is 22.9 Å². The zero-order valence-electron chi connectivity index (χ0n) is 19.3. The summed E-state index contributed by atoms with van der Waals surface area (Å²) in [6, 6.07) is 5.31. The van der Waals surface area contributed by atoms with Crippen LogP contribution >= 0.6 is 11.6 Å². The predicted molar refractivity (Wildman–Crippen MR) is 133 cm³/mol. The minimum absolute atomic E-state index is 0.228. The Labute approximate surface area is 211 Å². The fourth-order valence-electron chi connectivity index (χ4n) is 4.28. The van der Waals surface area contributed by atoms with Crippen LogP contribution in [0.2, 0.25) is 5.02 Å². The summed E-state index contributed by atoms with van der Waals surface area (Å²) in [6.07, 6.45) is 13.7. The number of halogens is 1. The number of nitrogens with zero attached hydrogens (tertiary/aromatic N) is 6. The quantitative estimate of drug-likeness (QED) is 0.350. The number of nitrogens with one attached hydrogen (secondary N) is 1. The lowest BCUT2D eigenvalue weighted by molar-refractivity contribution is 0.0950. The smallest absolute Gasteiger partial charge is 0.254 e. The maximum Gasteiger partial charge on any atom is 0.254 e. The van der Waals surface area contributed by atoms with Crippen molar-refractivity contribution in [2.24, 2.45) is 0 Å². The molecule has 0 atom stereocenters. The van der Waals surface area contributed by atoms with Gasteiger partial charge < -0.3 is 14.1 Å². The first-order valence-corrected chi connectivity index (χ1v) is 13.6. The highest BCUT2D eigenvalue weighted by Crippen LogP contribution is 2.41. The molecule has 0 bridgehead atoms. The normalized spacial score (nSPS) is 14.1. The van der Waals surface area contributed by atoms with E-state index in [4.69, 9.17) is 11.6 Å². The first kappa shape index (κ1) is 22.7. The lowest BCUT2D eigenvalue weighted by atomic mass is 10.2. The van der Waals surface area contributed by atoms with E-state index in [0.29, 0.717) is 40.1 Å². The summed E-state index contributed by atoms with van der Waals surface area (Å²) in [4.78, 5) is 21.8. The minimum atomic E-state index is -3.44. The van der Waals surface area contributed by atoms with Gasteiger partial charge in [0.15, 0.2) is 15.5 Å². The molecule has 184 valence electrons. The standard InChI is InChI=1S/C24H22ClN7O3S/c1-36(34,35)22-6-16(15-2-3-15)10-31-12-19(29-23(22)31)13-32-11-17(8-28-32)24(33)26-9-20-21-7-18(25)4-5-30(21)14-27-20/h4-8,10-12,14-15H,2-3,9,13H2,1H3,(H,26,33). The molecule has 0 aromatic carbocycles. The molecule has 5 heterocycles. The number of sulfone groups is 1. The predicted octanol–water partition coefficient (Wildman–Crippen LogP) is 3.09. The van der Waals surface area contributed by atoms with Gasteiger partial charge in [-0.05, 0) is 42.5 Å². The summed E-state index contributed by atoms with van der Waals surface area (Å²) < 4.78 is 30.0. The molecular weight excluding hydrogens is 502 g/mol. The molecule has 6 rings (SSSR count). The second-order valence-corrected chi connectivity index (χ2v) is 11.5. The fraction of sp³-hybridized carbons (Fsp3) is 0.250. The first-order valence-electron chi connectivity index (χ1n) is 11.4. The monoisotopic (exact) mass is 523 g/mol. The molecule has 1 amide bonds. The van der Waals surface area contributed by atoms with Gasteiger partial charge in [-0.2, -0.15) is 5.10 Å². The second-order valence-electron chi connectivity index (χ2n) is 9.09. The lowest BCUT2D eigenvalue weighted by Crippen LogP contribution is -2.22. The zero-order chi connectivity index (χ0) is 25.0. The summed E-state index contributed by atoms with van der Waals surface area (Å²) in [6.45, 7) is 0.534. The Morgan fingerprint density at radius 3 is 2.81 bits per heavy atom. The minimum Gasteiger partial charge on any atom is -0.346 e. The van der Waals surface area contributed by atoms with Crippen molar-refractivity contribution < 1.29 is 13.2 Å². The molecule has 0 unspecified atom stereocenters. The molecule has 36 heavy (non-hydrogen) atoms. The Balaban J connectivity index is 1.19. The number of amides is 1. The van der Waals surface area contributed by atoms with E-state index < -0.39 is 9.84 Å². The highest BCUT2D eigenvalue weighted by molar-refractivity contribution is 7.91. The van der Waals surface area contributed by atoms with E-state index in [2.05, 4.69) is 20.4 Å². The van der Waals surface area contributed by atoms with Crippen molar-refractivity contribution in [2.45, 2.75) is 36.7 Å². The van der Waals surface area contributed by atoms with Crippen LogP contribution in [0.25, 0.3) is 11.2 Å². The van der Waals surface area contributed by atoms with E-state index in [1.165, 1.54) is 12.5 Å². The largest absolute Gasteiger partial charge is 0.346 e. The van der Waals surface area contributed by atoms with Crippen LogP contribution in [-0.4, -0.2) is 49.1 Å². The van der Waals surface area contributed by atoms with E-state index in [0.717, 1.165) is 23.9 Å². The van der Waals surface area contributed by atoms with Crippen LogP contribution in [0.3, 0.4) is 0 Å². The molecule has 12 heteroatoms. The third-order valence-electron chi connectivity index (χ3n) is 6.25. The SMILES string of the molecule is CS(=O)(=O)c1cc(C2CC2)cn2cc(Cn3cc(C(=O)NCc4ncn5ccc(Cl)cc45)cn3)nc12. The van der Waals surface area contributed by atoms with E-state index >= 15 is 0 Å². The van der Waals surface area contributed by atoms with E-state index in [9.17, 15) is 13.2 Å². The number of hydrogen-bond acceptors (Lipinski definition) is 6. The summed E-state index contributed by atoms with van der Waals surface area (Å²) in [7, 11) is -3.44. The molecule has 1 aliphatic rings. The fourth-order valence-corrected chi connectivity index (χ4v) is 5.27. The number of aromatic nitrogens is 6. The van der Waals surface area contributed by atoms with Crippen LogP contribution in [0, 0.1) is 0 Å². The van der Waals surface area contributed by atoms with Crippen LogP contribution < -0.4 is 5.32 Å². The van der Waals surface area contributed by atoms with Gasteiger partial charge in [-0.1, -0.05) is 11.6 Å². The number of carbonyl (C=O) groups excluding carboxylic acids is 1. The van der Waals surface area contributed by atoms with Crippen molar-refractivity contribution in [1.29, 1.82) is 0 Å². The van der Waals surface area contributed by atoms with Crippen molar-refractivity contribution >= 4 is 38.5 Å². The Morgan fingerprint density at radius 2 is 2.03 bits per heavy atom. The van der Waals surface area contributed by atoms with Crippen LogP contribution in [0.5, 0.6) is 0 Å². The van der Waals surface area contributed by atoms with Crippen molar-refractivity contribution in [2.75, 3.05) is 6.26 Å². The zero-order valence-corrected chi connectivity index (χ0v) is 20.9. The molecule has 1 fully saturated rings. The van der Waals surface area contributed by atoms with Crippen molar-refractivity contribution in [3.8, 4) is 0 Å². The number of carbonyl (C=O) groups is 1. The van der Waals surface area contributed by atoms with Gasteiger partial charge in [-0.25, -0.2) is 18.4 Å². The third kappa shape index (κ3) is 4.35. The summed E-state index contributed by atoms with van der Waals surface area (Å²) >= 11 is 6.08. The number of fused-ring (bicyclic) bond motifs is 2. The Bertz CT molecular complexity index is 1750. The van der Waals surface area contributed by atoms with Gasteiger partial charge in [-0.15, -0.1) is 0 Å². The maximum absolute atomic E-state index is 12.7. The van der Waals surface area contributed by atoms with Crippen LogP contribution in [0.15, 0.2) is 60.4 Å². The average molecular weight is 524 g/mol. The maximum atomic E-state index is 12.7. The van der Waals surface area contributed by atoms with E-state index in [-0.39, 0.29) is 17.3 Å². The number of hydrogen-bond donors (Lipinski definition) is 1. The molecule has 5 aromatic heterocycles. The molecule has 0 spiro atoms. The Hall–Kier alpha value is -3.70. The summed E-state index contributed by atoms with van der Waals surface area (Å²) in [5.74, 6) is 0.123. The second kappa shape index (κ2) is 8.45. The molecule has 0 saturated heterocycles. The molecule has 1 aliphatic carbocycles. The van der Waals surface area contributed by atoms with Crippen molar-refractivity contribution in [3.63, 3.8) is 0 Å². The van der Waals surface area contributed by atoms with Crippen molar-refractivity contribution in [1.82, 2.24) is 33.9 Å². The molecule has 1 saturated carbocycles. The third-order valence-corrected chi connectivity index (χ3v) is 7.59. The number of rotatable bonds is 7. The molecule has 1 N–H and O–H groups in total. The number of pyridine rings is 2. The van der Waals surface area contributed by atoms with Gasteiger partial charge >= 0.3 is 0 Å². The van der Waals surface area contributed by atoms with Gasteiger partial charge in [-0.3, -0.25) is 9.48 Å². The molecule has 10 nitrogen and oxygen atoms in total. The molecule has 0 radical (unpaired) electrons.